The van der Waals surface area contributed by atoms with Gasteiger partial charge in [-0.25, -0.2) is 20.7 Å². The molecule has 0 saturated carbocycles. The molecule has 0 amide bonds. The molecule has 2 aromatic heterocycles. The second-order valence-corrected chi connectivity index (χ2v) is 15.9. The summed E-state index contributed by atoms with van der Waals surface area (Å²) >= 11 is 0. The standard InChI is InChI=1S/C38H48N5O13P/c1-8-28-30(17-33(53-28)43-19-24(5)36(47)41-38(43)49)56-57(50,51-13-12-39-7)52-20-31-29(16-32(54-31)42-18-23(4)35(46)40-37(42)48)55-34(45)11-9-10-27(44)26-14-21(2)25(6)22(3)15-26/h14-15,18-19,28-33H,8-13,16-17,20H2,1-6H3,(H,40,46,48)(H,41,47,49). The summed E-state index contributed by atoms with van der Waals surface area (Å²) in [4.78, 5) is 83.2. The predicted molar refractivity (Wildman–Crippen MR) is 204 cm³/mol. The number of carbonyl (C=O) groups is 2. The van der Waals surface area contributed by atoms with E-state index < -0.39 is 79.8 Å². The fraction of sp³-hybridized carbons (Fsp3) is 0.553. The van der Waals surface area contributed by atoms with Crippen LogP contribution in [-0.4, -0.2) is 75.0 Å². The Labute approximate surface area is 327 Å². The number of hydrogen-bond acceptors (Lipinski definition) is 13. The molecule has 2 fully saturated rings. The number of nitrogens with zero attached hydrogens (tertiary/aromatic N) is 3. The molecule has 0 radical (unpaired) electrons. The highest BCUT2D eigenvalue weighted by Crippen LogP contribution is 2.54. The highest BCUT2D eigenvalue weighted by molar-refractivity contribution is 7.48. The summed E-state index contributed by atoms with van der Waals surface area (Å²) in [7, 11) is -4.54. The van der Waals surface area contributed by atoms with Gasteiger partial charge in [0.05, 0.1) is 18.8 Å². The number of Topliss-reactive ketones (excluding diaryl/α,β-unsaturated/α-hetero) is 1. The molecule has 2 N–H and O–H groups in total. The third-order valence-corrected chi connectivity index (χ3v) is 11.6. The van der Waals surface area contributed by atoms with Crippen LogP contribution < -0.4 is 22.5 Å². The summed E-state index contributed by atoms with van der Waals surface area (Å²) in [6, 6.07) is 3.65. The minimum Gasteiger partial charge on any atom is -0.459 e. The molecule has 2 aliphatic rings. The van der Waals surface area contributed by atoms with Crippen LogP contribution in [0.1, 0.15) is 96.1 Å². The van der Waals surface area contributed by atoms with Crippen molar-refractivity contribution in [3.05, 3.63) is 111 Å². The van der Waals surface area contributed by atoms with Gasteiger partial charge in [0, 0.05) is 54.8 Å². The van der Waals surface area contributed by atoms with Crippen molar-refractivity contribution in [2.24, 2.45) is 0 Å². The van der Waals surface area contributed by atoms with Crippen LogP contribution in [0.5, 0.6) is 0 Å². The maximum atomic E-state index is 14.2. The smallest absolute Gasteiger partial charge is 0.459 e. The number of benzene rings is 1. The van der Waals surface area contributed by atoms with Crippen molar-refractivity contribution in [3.63, 3.8) is 0 Å². The summed E-state index contributed by atoms with van der Waals surface area (Å²) in [5, 5.41) is 0. The van der Waals surface area contributed by atoms with Gasteiger partial charge in [-0.15, -0.1) is 0 Å². The molecule has 4 heterocycles. The van der Waals surface area contributed by atoms with Gasteiger partial charge in [-0.2, -0.15) is 0 Å². The summed E-state index contributed by atoms with van der Waals surface area (Å²) in [5.74, 6) is -0.764. The van der Waals surface area contributed by atoms with Crippen LogP contribution in [0.2, 0.25) is 0 Å². The first-order chi connectivity index (χ1) is 27.0. The zero-order chi connectivity index (χ0) is 41.6. The highest BCUT2D eigenvalue weighted by atomic mass is 31.2. The van der Waals surface area contributed by atoms with Gasteiger partial charge in [-0.05, 0) is 76.3 Å². The molecule has 7 atom stereocenters. The predicted octanol–water partition coefficient (Wildman–Crippen LogP) is 4.02. The van der Waals surface area contributed by atoms with E-state index in [2.05, 4.69) is 14.8 Å². The summed E-state index contributed by atoms with van der Waals surface area (Å²) in [6.45, 7) is 16.8. The van der Waals surface area contributed by atoms with E-state index in [1.807, 2.05) is 32.9 Å². The minimum atomic E-state index is -4.54. The molecular weight excluding hydrogens is 765 g/mol. The largest absolute Gasteiger partial charge is 0.475 e. The molecular formula is C38H48N5O13P. The second kappa shape index (κ2) is 18.7. The van der Waals surface area contributed by atoms with Crippen molar-refractivity contribution < 1.29 is 41.9 Å². The number of ketones is 1. The van der Waals surface area contributed by atoms with Crippen LogP contribution in [0.3, 0.4) is 0 Å². The van der Waals surface area contributed by atoms with Crippen molar-refractivity contribution in [1.29, 1.82) is 0 Å². The first-order valence-corrected chi connectivity index (χ1v) is 20.1. The zero-order valence-corrected chi connectivity index (χ0v) is 33.6. The lowest BCUT2D eigenvalue weighted by atomic mass is 9.97. The molecule has 18 nitrogen and oxygen atoms in total. The number of hydrogen-bond donors (Lipinski definition) is 2. The molecule has 5 rings (SSSR count). The van der Waals surface area contributed by atoms with Crippen LogP contribution in [0.4, 0.5) is 0 Å². The van der Waals surface area contributed by atoms with Gasteiger partial charge in [0.25, 0.3) is 11.1 Å². The Morgan fingerprint density at radius 3 is 1.96 bits per heavy atom. The Morgan fingerprint density at radius 1 is 0.842 bits per heavy atom. The topological polar surface area (TPSA) is 221 Å². The van der Waals surface area contributed by atoms with Gasteiger partial charge in [0.2, 0.25) is 6.54 Å². The van der Waals surface area contributed by atoms with E-state index in [-0.39, 0.29) is 62.2 Å². The molecule has 7 unspecified atom stereocenters. The van der Waals surface area contributed by atoms with E-state index in [9.17, 15) is 33.3 Å². The molecule has 1 aromatic carbocycles. The molecule has 19 heteroatoms. The van der Waals surface area contributed by atoms with Gasteiger partial charge in [0.1, 0.15) is 31.3 Å². The monoisotopic (exact) mass is 813 g/mol. The van der Waals surface area contributed by atoms with E-state index >= 15 is 0 Å². The first kappa shape index (κ1) is 43.4. The Hall–Kier alpha value is -4.76. The van der Waals surface area contributed by atoms with Gasteiger partial charge in [-0.1, -0.05) is 6.92 Å². The number of rotatable bonds is 17. The van der Waals surface area contributed by atoms with Crippen LogP contribution in [0, 0.1) is 41.2 Å². The third kappa shape index (κ3) is 10.6. The van der Waals surface area contributed by atoms with Crippen molar-refractivity contribution in [2.75, 3.05) is 19.8 Å². The number of carbonyl (C=O) groups excluding carboxylic acids is 2. The highest BCUT2D eigenvalue weighted by Gasteiger charge is 2.45. The van der Waals surface area contributed by atoms with Crippen molar-refractivity contribution in [3.8, 4) is 0 Å². The van der Waals surface area contributed by atoms with Crippen molar-refractivity contribution in [1.82, 2.24) is 19.1 Å². The van der Waals surface area contributed by atoms with Crippen molar-refractivity contribution >= 4 is 19.6 Å². The van der Waals surface area contributed by atoms with Crippen LogP contribution in [0.25, 0.3) is 4.85 Å². The fourth-order valence-electron chi connectivity index (χ4n) is 6.68. The summed E-state index contributed by atoms with van der Waals surface area (Å²) in [5.41, 5.74) is 1.56. The number of phosphoric acid groups is 1. The summed E-state index contributed by atoms with van der Waals surface area (Å²) in [6.07, 6.45) is -2.52. The van der Waals surface area contributed by atoms with Crippen molar-refractivity contribution in [2.45, 2.75) is 117 Å². The van der Waals surface area contributed by atoms with E-state index in [4.69, 9.17) is 34.4 Å². The number of H-pyrrole nitrogens is 2. The number of aromatic nitrogens is 4. The van der Waals surface area contributed by atoms with Crippen LogP contribution >= 0.6 is 7.82 Å². The second-order valence-electron chi connectivity index (χ2n) is 14.2. The lowest BCUT2D eigenvalue weighted by Gasteiger charge is -2.25. The first-order valence-electron chi connectivity index (χ1n) is 18.7. The maximum absolute atomic E-state index is 14.2. The molecule has 308 valence electrons. The number of aromatic amines is 2. The SMILES string of the molecule is [C-]#[N+]CCOP(=O)(OCC1OC(n2cc(C)c(=O)[nH]c2=O)CC1OC(=O)CCCC(=O)c1cc(C)c(C)c(C)c1)OC1CC(n2cc(C)c(=O)[nH]c2=O)OC1CC. The zero-order valence-electron chi connectivity index (χ0n) is 32.7. The molecule has 0 spiro atoms. The average Bonchev–Trinajstić information content (AvgIpc) is 3.75. The van der Waals surface area contributed by atoms with Gasteiger partial charge in [-0.3, -0.25) is 51.9 Å². The van der Waals surface area contributed by atoms with E-state index in [0.717, 1.165) is 21.3 Å². The quantitative estimate of drug-likeness (QED) is 0.0647. The maximum Gasteiger partial charge on any atom is 0.475 e. The molecule has 3 aromatic rings. The fourth-order valence-corrected chi connectivity index (χ4v) is 8.06. The Morgan fingerprint density at radius 2 is 1.40 bits per heavy atom. The molecule has 57 heavy (non-hydrogen) atoms. The number of esters is 1. The van der Waals surface area contributed by atoms with E-state index in [1.165, 1.54) is 30.8 Å². The van der Waals surface area contributed by atoms with Crippen LogP contribution in [-0.2, 0) is 37.1 Å². The normalized spacial score (nSPS) is 22.9. The Kier molecular flexibility index (Phi) is 14.2. The lowest BCUT2D eigenvalue weighted by Crippen LogP contribution is -2.33. The number of ether oxygens (including phenoxy) is 3. The van der Waals surface area contributed by atoms with Gasteiger partial charge < -0.3 is 19.1 Å². The van der Waals surface area contributed by atoms with Gasteiger partial charge in [0.15, 0.2) is 5.78 Å². The minimum absolute atomic E-state index is 0.0196. The van der Waals surface area contributed by atoms with Crippen LogP contribution in [0.15, 0.2) is 43.7 Å². The van der Waals surface area contributed by atoms with Gasteiger partial charge >= 0.3 is 25.2 Å². The summed E-state index contributed by atoms with van der Waals surface area (Å²) < 4.78 is 51.9. The van der Waals surface area contributed by atoms with E-state index in [0.29, 0.717) is 12.0 Å². The average molecular weight is 814 g/mol. The Bertz CT molecular complexity index is 2280. The number of aryl methyl sites for hydroxylation is 4. The lowest BCUT2D eigenvalue weighted by molar-refractivity contribution is -0.153. The number of phosphoric ester groups is 1. The Balaban J connectivity index is 1.31. The molecule has 0 bridgehead atoms. The third-order valence-electron chi connectivity index (χ3n) is 10.1. The molecule has 2 saturated heterocycles. The molecule has 2 aliphatic heterocycles. The van der Waals surface area contributed by atoms with E-state index in [1.54, 1.807) is 6.92 Å². The molecule has 0 aliphatic carbocycles. The number of nitrogens with one attached hydrogen (secondary N) is 2.